The number of ether oxygens (including phenoxy) is 1. The van der Waals surface area contributed by atoms with Gasteiger partial charge in [-0.25, -0.2) is 9.59 Å². The van der Waals surface area contributed by atoms with Crippen molar-refractivity contribution in [2.24, 2.45) is 5.92 Å². The fraction of sp³-hybridized carbons (Fsp3) is 0.636. The third-order valence-corrected chi connectivity index (χ3v) is 2.82. The number of carboxylic acids is 1. The molecule has 1 fully saturated rings. The summed E-state index contributed by atoms with van der Waals surface area (Å²) in [7, 11) is 0. The maximum absolute atomic E-state index is 11.4. The summed E-state index contributed by atoms with van der Waals surface area (Å²) in [6.45, 7) is 4.42. The van der Waals surface area contributed by atoms with Crippen LogP contribution >= 0.6 is 0 Å². The van der Waals surface area contributed by atoms with E-state index in [0.29, 0.717) is 25.9 Å². The zero-order chi connectivity index (χ0) is 12.8. The maximum atomic E-state index is 11.4. The molecular formula is C11H17NO5. The van der Waals surface area contributed by atoms with Gasteiger partial charge in [0.2, 0.25) is 0 Å². The highest BCUT2D eigenvalue weighted by molar-refractivity contribution is 5.72. The minimum Gasteiger partial charge on any atom is -0.479 e. The second kappa shape index (κ2) is 6.24. The zero-order valence-electron chi connectivity index (χ0n) is 9.54. The molecule has 1 aliphatic rings. The monoisotopic (exact) mass is 243 g/mol. The normalized spacial score (nSPS) is 18.5. The first-order valence-corrected chi connectivity index (χ1v) is 5.49. The molecule has 1 amide bonds. The van der Waals surface area contributed by atoms with Gasteiger partial charge in [-0.05, 0) is 18.8 Å². The lowest BCUT2D eigenvalue weighted by Gasteiger charge is -2.32. The van der Waals surface area contributed by atoms with Gasteiger partial charge < -0.3 is 19.8 Å². The molecule has 1 unspecified atom stereocenters. The van der Waals surface area contributed by atoms with Crippen LogP contribution in [0.4, 0.5) is 4.79 Å². The number of aliphatic carboxylic acids is 1. The van der Waals surface area contributed by atoms with Crippen molar-refractivity contribution >= 4 is 12.1 Å². The Kier molecular flexibility index (Phi) is 4.96. The molecule has 96 valence electrons. The lowest BCUT2D eigenvalue weighted by Crippen LogP contribution is -2.43. The molecule has 0 aliphatic carbocycles. The van der Waals surface area contributed by atoms with Gasteiger partial charge in [0.25, 0.3) is 0 Å². The number of likely N-dealkylation sites (tertiary alicyclic amines) is 1. The molecule has 0 saturated carbocycles. The second-order valence-electron chi connectivity index (χ2n) is 3.97. The molecule has 0 bridgehead atoms. The number of amides is 1. The predicted molar refractivity (Wildman–Crippen MR) is 59.5 cm³/mol. The van der Waals surface area contributed by atoms with Crippen LogP contribution in [-0.2, 0) is 9.53 Å². The van der Waals surface area contributed by atoms with Crippen LogP contribution in [0.25, 0.3) is 0 Å². The topological polar surface area (TPSA) is 87.1 Å². The number of hydrogen-bond acceptors (Lipinski definition) is 4. The van der Waals surface area contributed by atoms with E-state index in [4.69, 9.17) is 9.84 Å². The average molecular weight is 243 g/mol. The quantitative estimate of drug-likeness (QED) is 0.701. The van der Waals surface area contributed by atoms with Gasteiger partial charge in [-0.3, -0.25) is 0 Å². The van der Waals surface area contributed by atoms with Gasteiger partial charge >= 0.3 is 12.1 Å². The SMILES string of the molecule is C=CCOC(=O)N1CCC(C(O)C(=O)O)CC1. The Labute approximate surface area is 99.5 Å². The Balaban J connectivity index is 2.37. The van der Waals surface area contributed by atoms with E-state index < -0.39 is 18.2 Å². The summed E-state index contributed by atoms with van der Waals surface area (Å²) in [6, 6.07) is 0. The molecule has 1 atom stereocenters. The number of carbonyl (C=O) groups is 2. The maximum Gasteiger partial charge on any atom is 0.410 e. The molecule has 17 heavy (non-hydrogen) atoms. The van der Waals surface area contributed by atoms with Crippen LogP contribution in [0.5, 0.6) is 0 Å². The van der Waals surface area contributed by atoms with Crippen LogP contribution in [0.1, 0.15) is 12.8 Å². The largest absolute Gasteiger partial charge is 0.479 e. The van der Waals surface area contributed by atoms with Crippen molar-refractivity contribution in [1.29, 1.82) is 0 Å². The molecule has 0 aromatic carbocycles. The van der Waals surface area contributed by atoms with Crippen LogP contribution in [0, 0.1) is 5.92 Å². The van der Waals surface area contributed by atoms with E-state index >= 15 is 0 Å². The van der Waals surface area contributed by atoms with Gasteiger partial charge in [-0.15, -0.1) is 0 Å². The molecule has 0 aromatic rings. The first-order valence-electron chi connectivity index (χ1n) is 5.49. The Morgan fingerprint density at radius 1 is 1.47 bits per heavy atom. The highest BCUT2D eigenvalue weighted by Gasteiger charge is 2.31. The first-order chi connectivity index (χ1) is 8.06. The summed E-state index contributed by atoms with van der Waals surface area (Å²) in [4.78, 5) is 23.5. The van der Waals surface area contributed by atoms with Crippen molar-refractivity contribution in [1.82, 2.24) is 4.90 Å². The Bertz CT molecular complexity index is 296. The van der Waals surface area contributed by atoms with Crippen LogP contribution in [0.2, 0.25) is 0 Å². The van der Waals surface area contributed by atoms with E-state index in [2.05, 4.69) is 6.58 Å². The first kappa shape index (κ1) is 13.5. The number of nitrogens with zero attached hydrogens (tertiary/aromatic N) is 1. The van der Waals surface area contributed by atoms with E-state index in [1.54, 1.807) is 0 Å². The van der Waals surface area contributed by atoms with Gasteiger partial charge in [0.1, 0.15) is 6.61 Å². The van der Waals surface area contributed by atoms with Gasteiger partial charge in [-0.1, -0.05) is 12.7 Å². The number of aliphatic hydroxyl groups excluding tert-OH is 1. The van der Waals surface area contributed by atoms with Gasteiger partial charge in [0.05, 0.1) is 0 Å². The van der Waals surface area contributed by atoms with Crippen molar-refractivity contribution < 1.29 is 24.5 Å². The van der Waals surface area contributed by atoms with E-state index in [0.717, 1.165) is 0 Å². The molecule has 0 aromatic heterocycles. The van der Waals surface area contributed by atoms with Crippen molar-refractivity contribution in [3.63, 3.8) is 0 Å². The minimum atomic E-state index is -1.35. The van der Waals surface area contributed by atoms with Crippen LogP contribution < -0.4 is 0 Å². The number of piperidine rings is 1. The minimum absolute atomic E-state index is 0.163. The fourth-order valence-corrected chi connectivity index (χ4v) is 1.82. The van der Waals surface area contributed by atoms with Crippen molar-refractivity contribution in [3.8, 4) is 0 Å². The van der Waals surface area contributed by atoms with Crippen LogP contribution in [0.15, 0.2) is 12.7 Å². The number of carboxylic acid groups (broad SMARTS) is 1. The number of aliphatic hydroxyl groups is 1. The van der Waals surface area contributed by atoms with Crippen molar-refractivity contribution in [2.75, 3.05) is 19.7 Å². The summed E-state index contributed by atoms with van der Waals surface area (Å²) in [5.74, 6) is -1.51. The van der Waals surface area contributed by atoms with E-state index in [1.165, 1.54) is 11.0 Å². The summed E-state index contributed by atoms with van der Waals surface area (Å²) in [5.41, 5.74) is 0. The standard InChI is InChI=1S/C11H17NO5/c1-2-7-17-11(16)12-5-3-8(4-6-12)9(13)10(14)15/h2,8-9,13H,1,3-7H2,(H,14,15). The van der Waals surface area contributed by atoms with Gasteiger partial charge in [0.15, 0.2) is 6.10 Å². The summed E-state index contributed by atoms with van der Waals surface area (Å²) < 4.78 is 4.86. The van der Waals surface area contributed by atoms with Crippen LogP contribution in [0.3, 0.4) is 0 Å². The number of hydrogen-bond donors (Lipinski definition) is 2. The predicted octanol–water partition coefficient (Wildman–Crippen LogP) is 0.466. The van der Waals surface area contributed by atoms with Crippen molar-refractivity contribution in [2.45, 2.75) is 18.9 Å². The van der Waals surface area contributed by atoms with E-state index in [1.807, 2.05) is 0 Å². The average Bonchev–Trinajstić information content (AvgIpc) is 2.35. The highest BCUT2D eigenvalue weighted by Crippen LogP contribution is 2.21. The third kappa shape index (κ3) is 3.74. The molecule has 1 rings (SSSR count). The molecular weight excluding hydrogens is 226 g/mol. The second-order valence-corrected chi connectivity index (χ2v) is 3.97. The molecule has 6 heteroatoms. The molecule has 2 N–H and O–H groups in total. The summed E-state index contributed by atoms with van der Waals surface area (Å²) >= 11 is 0. The molecule has 1 saturated heterocycles. The zero-order valence-corrected chi connectivity index (χ0v) is 9.54. The number of rotatable bonds is 4. The molecule has 0 radical (unpaired) electrons. The van der Waals surface area contributed by atoms with Gasteiger partial charge in [0, 0.05) is 13.1 Å². The molecule has 0 spiro atoms. The lowest BCUT2D eigenvalue weighted by molar-refractivity contribution is -0.150. The Morgan fingerprint density at radius 3 is 2.53 bits per heavy atom. The smallest absolute Gasteiger partial charge is 0.410 e. The molecule has 1 heterocycles. The fourth-order valence-electron chi connectivity index (χ4n) is 1.82. The number of carbonyl (C=O) groups excluding carboxylic acids is 1. The highest BCUT2D eigenvalue weighted by atomic mass is 16.6. The van der Waals surface area contributed by atoms with Crippen molar-refractivity contribution in [3.05, 3.63) is 12.7 Å². The molecule has 6 nitrogen and oxygen atoms in total. The third-order valence-electron chi connectivity index (χ3n) is 2.82. The summed E-state index contributed by atoms with van der Waals surface area (Å²) in [5, 5.41) is 18.0. The van der Waals surface area contributed by atoms with E-state index in [9.17, 15) is 14.7 Å². The summed E-state index contributed by atoms with van der Waals surface area (Å²) in [6.07, 6.45) is 0.654. The lowest BCUT2D eigenvalue weighted by atomic mass is 9.91. The van der Waals surface area contributed by atoms with E-state index in [-0.39, 0.29) is 12.5 Å². The Morgan fingerprint density at radius 2 is 2.06 bits per heavy atom. The van der Waals surface area contributed by atoms with Gasteiger partial charge in [-0.2, -0.15) is 0 Å². The van der Waals surface area contributed by atoms with Crippen LogP contribution in [-0.4, -0.2) is 53.0 Å². The molecule has 1 aliphatic heterocycles. The Hall–Kier alpha value is -1.56.